The van der Waals surface area contributed by atoms with Gasteiger partial charge in [-0.3, -0.25) is 0 Å². The van der Waals surface area contributed by atoms with Crippen LogP contribution in [0.25, 0.3) is 98.5 Å². The molecule has 50 heavy (non-hydrogen) atoms. The topological polar surface area (TPSA) is 51.8 Å². The molecule has 0 bridgehead atoms. The lowest BCUT2D eigenvalue weighted by molar-refractivity contribution is 0.669. The van der Waals surface area contributed by atoms with Gasteiger partial charge in [-0.1, -0.05) is 139 Å². The van der Waals surface area contributed by atoms with Crippen LogP contribution in [0.15, 0.2) is 168 Å². The molecule has 0 unspecified atom stereocenters. The molecule has 0 aliphatic heterocycles. The summed E-state index contributed by atoms with van der Waals surface area (Å²) >= 11 is 1.80. The van der Waals surface area contributed by atoms with E-state index in [-0.39, 0.29) is 29.7 Å². The van der Waals surface area contributed by atoms with Crippen molar-refractivity contribution in [3.8, 4) is 56.4 Å². The van der Waals surface area contributed by atoms with E-state index in [0.29, 0.717) is 28.6 Å². The van der Waals surface area contributed by atoms with Crippen LogP contribution >= 0.6 is 11.3 Å². The van der Waals surface area contributed by atoms with Crippen molar-refractivity contribution in [2.24, 2.45) is 0 Å². The lowest BCUT2D eigenvalue weighted by Gasteiger charge is -2.10. The molecule has 0 saturated heterocycles. The molecule has 10 aromatic rings. The minimum Gasteiger partial charge on any atom is -0.456 e. The Morgan fingerprint density at radius 1 is 0.460 bits per heavy atom. The molecular weight excluding hydrogens is 631 g/mol. The third-order valence-corrected chi connectivity index (χ3v) is 10.3. The second-order valence-electron chi connectivity index (χ2n) is 12.0. The number of furan rings is 1. The highest BCUT2D eigenvalue weighted by atomic mass is 32.1. The fraction of sp³-hybridized carbons (Fsp3) is 0. The van der Waals surface area contributed by atoms with Gasteiger partial charge in [0, 0.05) is 47.6 Å². The van der Waals surface area contributed by atoms with Gasteiger partial charge < -0.3 is 4.42 Å². The van der Waals surface area contributed by atoms with E-state index >= 15 is 0 Å². The maximum absolute atomic E-state index is 8.46. The van der Waals surface area contributed by atoms with E-state index < -0.39 is 6.04 Å². The van der Waals surface area contributed by atoms with Crippen molar-refractivity contribution < 1.29 is 11.3 Å². The number of hydrogen-bond donors (Lipinski definition) is 0. The van der Waals surface area contributed by atoms with Gasteiger partial charge in [-0.2, -0.15) is 0 Å². The van der Waals surface area contributed by atoms with Gasteiger partial charge in [-0.05, 0) is 46.5 Å². The molecule has 3 heterocycles. The number of rotatable bonds is 5. The molecule has 0 saturated carbocycles. The maximum Gasteiger partial charge on any atom is 0.164 e. The molecule has 0 amide bonds. The summed E-state index contributed by atoms with van der Waals surface area (Å²) in [6.07, 6.45) is 0. The summed E-state index contributed by atoms with van der Waals surface area (Å²) in [6.45, 7) is 0. The number of fused-ring (bicyclic) bond motifs is 6. The van der Waals surface area contributed by atoms with Crippen LogP contribution in [0, 0.1) is 0 Å². The molecule has 0 N–H and O–H groups in total. The summed E-state index contributed by atoms with van der Waals surface area (Å²) in [5.41, 5.74) is 6.66. The zero-order chi connectivity index (χ0) is 37.4. The van der Waals surface area contributed by atoms with Crippen LogP contribution in [0.1, 0.15) is 6.85 Å². The minimum atomic E-state index is -0.424. The largest absolute Gasteiger partial charge is 0.456 e. The Kier molecular flexibility index (Phi) is 5.54. The van der Waals surface area contributed by atoms with Gasteiger partial charge in [0.25, 0.3) is 0 Å². The second-order valence-corrected chi connectivity index (χ2v) is 13.1. The van der Waals surface area contributed by atoms with Crippen molar-refractivity contribution >= 4 is 53.4 Å². The molecule has 0 aliphatic carbocycles. The van der Waals surface area contributed by atoms with Gasteiger partial charge in [0.2, 0.25) is 0 Å². The van der Waals surface area contributed by atoms with Crippen LogP contribution < -0.4 is 0 Å². The first-order valence-corrected chi connectivity index (χ1v) is 17.0. The predicted octanol–water partition coefficient (Wildman–Crippen LogP) is 12.5. The fourth-order valence-corrected chi connectivity index (χ4v) is 7.92. The van der Waals surface area contributed by atoms with Gasteiger partial charge in [0.05, 0.1) is 6.85 Å². The summed E-state index contributed by atoms with van der Waals surface area (Å²) in [7, 11) is 0. The predicted molar refractivity (Wildman–Crippen MR) is 207 cm³/mol. The fourth-order valence-electron chi connectivity index (χ4n) is 6.68. The van der Waals surface area contributed by atoms with Crippen molar-refractivity contribution in [3.05, 3.63) is 164 Å². The first kappa shape index (κ1) is 23.8. The Morgan fingerprint density at radius 3 is 1.96 bits per heavy atom. The van der Waals surface area contributed by atoms with Crippen molar-refractivity contribution in [1.29, 1.82) is 0 Å². The molecule has 234 valence electrons. The number of aromatic nitrogens is 3. The Bertz CT molecular complexity index is 3130. The van der Waals surface area contributed by atoms with E-state index in [2.05, 4.69) is 54.6 Å². The monoisotopic (exact) mass is 662 g/mol. The van der Waals surface area contributed by atoms with E-state index in [0.717, 1.165) is 44.2 Å². The zero-order valence-corrected chi connectivity index (χ0v) is 27.2. The van der Waals surface area contributed by atoms with Crippen LogP contribution in [-0.4, -0.2) is 15.0 Å². The maximum atomic E-state index is 8.46. The smallest absolute Gasteiger partial charge is 0.164 e. The number of benzene rings is 7. The second kappa shape index (κ2) is 11.6. The van der Waals surface area contributed by atoms with Gasteiger partial charge in [-0.25, -0.2) is 15.0 Å². The minimum absolute atomic E-state index is 0.139. The van der Waals surface area contributed by atoms with Crippen LogP contribution in [-0.2, 0) is 0 Å². The van der Waals surface area contributed by atoms with Crippen molar-refractivity contribution in [1.82, 2.24) is 15.0 Å². The highest BCUT2D eigenvalue weighted by molar-refractivity contribution is 7.26. The summed E-state index contributed by atoms with van der Waals surface area (Å²) in [4.78, 5) is 15.0. The van der Waals surface area contributed by atoms with Gasteiger partial charge in [0.15, 0.2) is 17.5 Å². The molecule has 0 spiro atoms. The molecule has 5 heteroatoms. The quantitative estimate of drug-likeness (QED) is 0.184. The van der Waals surface area contributed by atoms with Gasteiger partial charge >= 0.3 is 0 Å². The van der Waals surface area contributed by atoms with Crippen molar-refractivity contribution in [3.63, 3.8) is 0 Å². The normalized spacial score (nSPS) is 13.0. The van der Waals surface area contributed by atoms with Gasteiger partial charge in [-0.15, -0.1) is 11.3 Å². The van der Waals surface area contributed by atoms with Crippen LogP contribution in [0.4, 0.5) is 0 Å². The first-order valence-electron chi connectivity index (χ1n) is 18.7. The number of hydrogen-bond acceptors (Lipinski definition) is 5. The zero-order valence-electron chi connectivity index (χ0n) is 31.4. The molecule has 0 atom stereocenters. The molecular formula is C45H27N3OS. The highest BCUT2D eigenvalue weighted by Gasteiger charge is 2.19. The van der Waals surface area contributed by atoms with Crippen LogP contribution in [0.2, 0.25) is 0 Å². The first-order chi connectivity index (χ1) is 26.8. The Hall–Kier alpha value is -6.43. The average molecular weight is 663 g/mol. The van der Waals surface area contributed by atoms with E-state index in [9.17, 15) is 0 Å². The molecule has 0 radical (unpaired) electrons. The van der Waals surface area contributed by atoms with Crippen LogP contribution in [0.3, 0.4) is 0 Å². The molecule has 4 nitrogen and oxygen atoms in total. The molecule has 0 aliphatic rings. The number of nitrogens with zero attached hydrogens (tertiary/aromatic N) is 3. The number of thiophene rings is 1. The Morgan fingerprint density at radius 2 is 1.12 bits per heavy atom. The summed E-state index contributed by atoms with van der Waals surface area (Å²) < 4.78 is 50.1. The van der Waals surface area contributed by atoms with Crippen molar-refractivity contribution in [2.75, 3.05) is 0 Å². The Labute approximate surface area is 299 Å². The summed E-state index contributed by atoms with van der Waals surface area (Å²) in [5.74, 6) is 1.40. The van der Waals surface area contributed by atoms with Crippen LogP contribution in [0.5, 0.6) is 0 Å². The summed E-state index contributed by atoms with van der Waals surface area (Å²) in [6, 6.07) is 42.4. The third kappa shape index (κ3) is 4.79. The Balaban J connectivity index is 1.14. The lowest BCUT2D eigenvalue weighted by Crippen LogP contribution is -2.00. The SMILES string of the molecule is [2H]c1c([2H])c([2H])c(-c2ccc(-c3nc(-c4ccccc4)nc(-c4cccc5oc6ccc(-c7cccc8c7sc7ccccc78)cc6c45)n3)cc2)c([2H])c1[2H]. The van der Waals surface area contributed by atoms with E-state index in [1.54, 1.807) is 35.6 Å². The summed E-state index contributed by atoms with van der Waals surface area (Å²) in [5, 5.41) is 4.34. The van der Waals surface area contributed by atoms with E-state index in [4.69, 9.17) is 26.2 Å². The standard InChI is InChI=1S/C45H27N3OS/c1-3-11-28(12-4-1)29-21-23-31(24-22-29)44-46-43(30-13-5-2-6-14-30)47-45(48-44)36-18-10-19-39-41(36)37-27-32(25-26-38(37)49-39)33-16-9-17-35-34-15-7-8-20-40(34)50-42(33)35/h1-27H/i1D,3D,4D,11D,12D. The van der Waals surface area contributed by atoms with Crippen molar-refractivity contribution in [2.45, 2.75) is 0 Å². The van der Waals surface area contributed by atoms with E-state index in [1.165, 1.54) is 20.2 Å². The molecule has 3 aromatic heterocycles. The third-order valence-electron chi connectivity index (χ3n) is 9.05. The lowest BCUT2D eigenvalue weighted by atomic mass is 9.99. The average Bonchev–Trinajstić information content (AvgIpc) is 3.81. The molecule has 0 fully saturated rings. The highest BCUT2D eigenvalue weighted by Crippen LogP contribution is 2.42. The molecule has 7 aromatic carbocycles. The molecule has 10 rings (SSSR count). The van der Waals surface area contributed by atoms with Gasteiger partial charge in [0.1, 0.15) is 11.2 Å². The van der Waals surface area contributed by atoms with E-state index in [1.807, 2.05) is 54.6 Å².